The molecule has 0 spiro atoms. The Morgan fingerprint density at radius 3 is 1.74 bits per heavy atom. The van der Waals surface area contributed by atoms with E-state index in [0.29, 0.717) is 0 Å². The van der Waals surface area contributed by atoms with Gasteiger partial charge in [-0.25, -0.2) is 0 Å². The molecule has 27 heavy (non-hydrogen) atoms. The second-order valence-electron chi connectivity index (χ2n) is 6.74. The minimum Gasteiger partial charge on any atom is -0.0616 e. The Bertz CT molecular complexity index is 1260. The van der Waals surface area contributed by atoms with E-state index in [2.05, 4.69) is 119 Å². The van der Waals surface area contributed by atoms with E-state index < -0.39 is 0 Å². The van der Waals surface area contributed by atoms with E-state index in [1.54, 1.807) is 0 Å². The topological polar surface area (TPSA) is 0 Å². The second kappa shape index (κ2) is 6.68. The van der Waals surface area contributed by atoms with Crippen molar-refractivity contribution in [1.82, 2.24) is 0 Å². The number of hydrogen-bond acceptors (Lipinski definition) is 0. The summed E-state index contributed by atoms with van der Waals surface area (Å²) < 4.78 is 1.10. The summed E-state index contributed by atoms with van der Waals surface area (Å²) in [7, 11) is 0. The van der Waals surface area contributed by atoms with Crippen LogP contribution in [0.4, 0.5) is 0 Å². The van der Waals surface area contributed by atoms with Crippen LogP contribution < -0.4 is 0 Å². The molecule has 0 aliphatic carbocycles. The van der Waals surface area contributed by atoms with Crippen LogP contribution in [0.1, 0.15) is 0 Å². The molecule has 0 atom stereocenters. The smallest absolute Gasteiger partial charge is 0.0175 e. The third kappa shape index (κ3) is 2.85. The molecule has 0 bridgehead atoms. The van der Waals surface area contributed by atoms with E-state index in [1.807, 2.05) is 0 Å². The third-order valence-electron chi connectivity index (χ3n) is 5.16. The lowest BCUT2D eigenvalue weighted by molar-refractivity contribution is 1.61. The summed E-state index contributed by atoms with van der Waals surface area (Å²) in [5, 5.41) is 5.14. The lowest BCUT2D eigenvalue weighted by atomic mass is 9.90. The van der Waals surface area contributed by atoms with Crippen LogP contribution >= 0.6 is 15.9 Å². The number of rotatable bonds is 2. The summed E-state index contributed by atoms with van der Waals surface area (Å²) >= 11 is 3.53. The van der Waals surface area contributed by atoms with E-state index in [-0.39, 0.29) is 0 Å². The minimum absolute atomic E-state index is 1.10. The first-order valence-electron chi connectivity index (χ1n) is 9.07. The van der Waals surface area contributed by atoms with Gasteiger partial charge in [0.25, 0.3) is 0 Å². The zero-order valence-electron chi connectivity index (χ0n) is 14.7. The molecule has 5 aromatic carbocycles. The average molecular weight is 409 g/mol. The van der Waals surface area contributed by atoms with Gasteiger partial charge in [-0.1, -0.05) is 107 Å². The van der Waals surface area contributed by atoms with Gasteiger partial charge in [0.2, 0.25) is 0 Å². The Hall–Kier alpha value is -2.90. The van der Waals surface area contributed by atoms with Gasteiger partial charge in [-0.2, -0.15) is 0 Å². The minimum atomic E-state index is 1.10. The number of hydrogen-bond donors (Lipinski definition) is 0. The fourth-order valence-corrected chi connectivity index (χ4v) is 4.14. The zero-order valence-corrected chi connectivity index (χ0v) is 16.3. The summed E-state index contributed by atoms with van der Waals surface area (Å²) in [6.45, 7) is 0. The molecule has 0 amide bonds. The largest absolute Gasteiger partial charge is 0.0616 e. The van der Waals surface area contributed by atoms with Crippen molar-refractivity contribution in [2.45, 2.75) is 0 Å². The van der Waals surface area contributed by atoms with E-state index >= 15 is 0 Å². The van der Waals surface area contributed by atoms with Crippen LogP contribution in [0.3, 0.4) is 0 Å². The molecule has 128 valence electrons. The van der Waals surface area contributed by atoms with Crippen molar-refractivity contribution >= 4 is 37.5 Å². The third-order valence-corrected chi connectivity index (χ3v) is 5.69. The predicted molar refractivity (Wildman–Crippen MR) is 120 cm³/mol. The SMILES string of the molecule is Brc1ccc(-c2ccc(-c3cccc4ccccc34)c3ccccc23)cc1. The molecule has 0 unspecified atom stereocenters. The molecule has 0 fully saturated rings. The molecule has 5 aromatic rings. The number of halogens is 1. The van der Waals surface area contributed by atoms with Gasteiger partial charge in [0.15, 0.2) is 0 Å². The lowest BCUT2D eigenvalue weighted by Crippen LogP contribution is -1.87. The monoisotopic (exact) mass is 408 g/mol. The first kappa shape index (κ1) is 16.3. The Morgan fingerprint density at radius 1 is 0.407 bits per heavy atom. The molecule has 0 saturated heterocycles. The standard InChI is InChI=1S/C26H17Br/c27-20-14-12-19(13-15-20)22-16-17-26(25-10-4-3-9-23(22)25)24-11-5-7-18-6-1-2-8-21(18)24/h1-17H. The van der Waals surface area contributed by atoms with Crippen molar-refractivity contribution in [3.63, 3.8) is 0 Å². The van der Waals surface area contributed by atoms with Crippen molar-refractivity contribution in [1.29, 1.82) is 0 Å². The summed E-state index contributed by atoms with van der Waals surface area (Å²) in [6.07, 6.45) is 0. The van der Waals surface area contributed by atoms with Crippen LogP contribution in [-0.4, -0.2) is 0 Å². The molecule has 0 radical (unpaired) electrons. The fourth-order valence-electron chi connectivity index (χ4n) is 3.88. The van der Waals surface area contributed by atoms with Gasteiger partial charge in [-0.3, -0.25) is 0 Å². The van der Waals surface area contributed by atoms with Gasteiger partial charge >= 0.3 is 0 Å². The van der Waals surface area contributed by atoms with Crippen molar-refractivity contribution in [2.75, 3.05) is 0 Å². The number of fused-ring (bicyclic) bond motifs is 2. The first-order valence-corrected chi connectivity index (χ1v) is 9.86. The average Bonchev–Trinajstić information content (AvgIpc) is 2.73. The molecular formula is C26H17Br. The highest BCUT2D eigenvalue weighted by molar-refractivity contribution is 9.10. The number of benzene rings is 5. The van der Waals surface area contributed by atoms with Crippen molar-refractivity contribution < 1.29 is 0 Å². The van der Waals surface area contributed by atoms with Gasteiger partial charge in [0, 0.05) is 4.47 Å². The van der Waals surface area contributed by atoms with Crippen LogP contribution in [0, 0.1) is 0 Å². The fraction of sp³-hybridized carbons (Fsp3) is 0. The van der Waals surface area contributed by atoms with E-state index in [0.717, 1.165) is 4.47 Å². The molecule has 1 heteroatoms. The zero-order chi connectivity index (χ0) is 18.2. The van der Waals surface area contributed by atoms with Gasteiger partial charge in [-0.15, -0.1) is 0 Å². The van der Waals surface area contributed by atoms with E-state index in [9.17, 15) is 0 Å². The molecule has 0 aliphatic rings. The van der Waals surface area contributed by atoms with Crippen LogP contribution in [0.25, 0.3) is 43.8 Å². The Kier molecular flexibility index (Phi) is 4.03. The van der Waals surface area contributed by atoms with Crippen LogP contribution in [0.2, 0.25) is 0 Å². The summed E-state index contributed by atoms with van der Waals surface area (Å²) in [5.74, 6) is 0. The summed E-state index contributed by atoms with van der Waals surface area (Å²) in [5.41, 5.74) is 5.07. The maximum Gasteiger partial charge on any atom is 0.0175 e. The molecule has 0 heterocycles. The van der Waals surface area contributed by atoms with Gasteiger partial charge < -0.3 is 0 Å². The molecule has 0 nitrogen and oxygen atoms in total. The Balaban J connectivity index is 1.80. The second-order valence-corrected chi connectivity index (χ2v) is 7.66. The molecule has 5 rings (SSSR count). The van der Waals surface area contributed by atoms with Crippen molar-refractivity contribution in [2.24, 2.45) is 0 Å². The first-order chi connectivity index (χ1) is 13.3. The maximum atomic E-state index is 3.53. The molecule has 0 aromatic heterocycles. The molecule has 0 saturated carbocycles. The van der Waals surface area contributed by atoms with Crippen LogP contribution in [0.5, 0.6) is 0 Å². The van der Waals surface area contributed by atoms with E-state index in [1.165, 1.54) is 43.8 Å². The van der Waals surface area contributed by atoms with Gasteiger partial charge in [0.1, 0.15) is 0 Å². The predicted octanol–water partition coefficient (Wildman–Crippen LogP) is 8.09. The molecule has 0 N–H and O–H groups in total. The normalized spacial score (nSPS) is 11.1. The Morgan fingerprint density at radius 2 is 0.963 bits per heavy atom. The van der Waals surface area contributed by atoms with Crippen LogP contribution in [0.15, 0.2) is 108 Å². The summed E-state index contributed by atoms with van der Waals surface area (Å²) in [4.78, 5) is 0. The lowest BCUT2D eigenvalue weighted by Gasteiger charge is -2.14. The highest BCUT2D eigenvalue weighted by Crippen LogP contribution is 2.38. The highest BCUT2D eigenvalue weighted by Gasteiger charge is 2.11. The van der Waals surface area contributed by atoms with E-state index in [4.69, 9.17) is 0 Å². The van der Waals surface area contributed by atoms with Crippen LogP contribution in [-0.2, 0) is 0 Å². The van der Waals surface area contributed by atoms with Crippen molar-refractivity contribution in [3.8, 4) is 22.3 Å². The Labute approximate surface area is 167 Å². The van der Waals surface area contributed by atoms with Crippen molar-refractivity contribution in [3.05, 3.63) is 108 Å². The highest BCUT2D eigenvalue weighted by atomic mass is 79.9. The maximum absolute atomic E-state index is 3.53. The van der Waals surface area contributed by atoms with Gasteiger partial charge in [0.05, 0.1) is 0 Å². The molecule has 0 aliphatic heterocycles. The molecular weight excluding hydrogens is 392 g/mol. The summed E-state index contributed by atoms with van der Waals surface area (Å²) in [6, 6.07) is 36.9. The van der Waals surface area contributed by atoms with Gasteiger partial charge in [-0.05, 0) is 55.9 Å². The quantitative estimate of drug-likeness (QED) is 0.276.